The second-order valence-corrected chi connectivity index (χ2v) is 5.23. The Kier molecular flexibility index (Phi) is 5.56. The van der Waals surface area contributed by atoms with E-state index in [4.69, 9.17) is 4.74 Å². The Balaban J connectivity index is 3.28. The van der Waals surface area contributed by atoms with E-state index >= 15 is 0 Å². The maximum atomic E-state index is 10.5. The molecular weight excluding hydrogens is 273 g/mol. The van der Waals surface area contributed by atoms with Gasteiger partial charge < -0.3 is 14.8 Å². The Morgan fingerprint density at radius 1 is 1.58 bits per heavy atom. The fraction of sp³-hybridized carbons (Fsp3) is 0.857. The lowest BCUT2D eigenvalue weighted by Crippen LogP contribution is -2.29. The third-order valence-corrected chi connectivity index (χ3v) is 1.31. The van der Waals surface area contributed by atoms with E-state index in [1.165, 1.54) is 7.11 Å². The third kappa shape index (κ3) is 8.06. The van der Waals surface area contributed by atoms with Gasteiger partial charge in [0.15, 0.2) is 0 Å². The second kappa shape index (κ2) is 5.58. The maximum Gasteiger partial charge on any atom is 0.406 e. The van der Waals surface area contributed by atoms with Crippen LogP contribution in [0.5, 0.6) is 0 Å². The molecule has 0 aliphatic heterocycles. The van der Waals surface area contributed by atoms with Crippen LogP contribution >= 0.6 is 22.6 Å². The van der Waals surface area contributed by atoms with E-state index in [9.17, 15) is 4.79 Å². The van der Waals surface area contributed by atoms with Crippen molar-refractivity contribution >= 4 is 28.7 Å². The van der Waals surface area contributed by atoms with Crippen LogP contribution in [0.1, 0.15) is 13.8 Å². The molecule has 72 valence electrons. The highest BCUT2D eigenvalue weighted by Crippen LogP contribution is 2.17. The molecule has 0 saturated carbocycles. The van der Waals surface area contributed by atoms with Crippen LogP contribution in [-0.2, 0) is 9.47 Å². The zero-order valence-electron chi connectivity index (χ0n) is 7.52. The molecule has 0 bridgehead atoms. The largest absolute Gasteiger partial charge is 0.453 e. The lowest BCUT2D eigenvalue weighted by atomic mass is 10.5. The minimum atomic E-state index is -0.426. The summed E-state index contributed by atoms with van der Waals surface area (Å²) in [6.45, 7) is 4.86. The molecule has 1 amide bonds. The molecule has 12 heavy (non-hydrogen) atoms. The van der Waals surface area contributed by atoms with Gasteiger partial charge >= 0.3 is 6.09 Å². The molecule has 1 N–H and O–H groups in total. The number of alkyl halides is 1. The Morgan fingerprint density at radius 3 is 2.58 bits per heavy atom. The molecule has 0 spiro atoms. The Hall–Kier alpha value is -0.0400. The Bertz CT molecular complexity index is 144. The minimum absolute atomic E-state index is 0.185. The molecule has 0 heterocycles. The quantitative estimate of drug-likeness (QED) is 0.484. The van der Waals surface area contributed by atoms with Crippen LogP contribution in [0, 0.1) is 0 Å². The number of halogens is 1. The third-order valence-electron chi connectivity index (χ3n) is 1.00. The van der Waals surface area contributed by atoms with Gasteiger partial charge in [-0.3, -0.25) is 0 Å². The van der Waals surface area contributed by atoms with Crippen LogP contribution in [0.25, 0.3) is 0 Å². The van der Waals surface area contributed by atoms with Gasteiger partial charge in [0, 0.05) is 6.54 Å². The Morgan fingerprint density at radius 2 is 2.17 bits per heavy atom. The smallest absolute Gasteiger partial charge is 0.406 e. The topological polar surface area (TPSA) is 47.6 Å². The molecule has 0 aromatic rings. The molecule has 0 aliphatic carbocycles. The van der Waals surface area contributed by atoms with E-state index in [0.717, 1.165) is 0 Å². The summed E-state index contributed by atoms with van der Waals surface area (Å²) in [4.78, 5) is 10.5. The van der Waals surface area contributed by atoms with Crippen molar-refractivity contribution in [3.8, 4) is 0 Å². The van der Waals surface area contributed by atoms with Crippen molar-refractivity contribution in [3.63, 3.8) is 0 Å². The first-order valence-corrected chi connectivity index (χ1v) is 4.68. The van der Waals surface area contributed by atoms with Crippen LogP contribution in [0.3, 0.4) is 0 Å². The molecule has 0 radical (unpaired) electrons. The average molecular weight is 287 g/mol. The van der Waals surface area contributed by atoms with Gasteiger partial charge in [0.2, 0.25) is 0 Å². The minimum Gasteiger partial charge on any atom is -0.453 e. The van der Waals surface area contributed by atoms with E-state index in [0.29, 0.717) is 13.2 Å². The average Bonchev–Trinajstić information content (AvgIpc) is 1.96. The van der Waals surface area contributed by atoms with Crippen LogP contribution < -0.4 is 5.32 Å². The molecule has 0 unspecified atom stereocenters. The maximum absolute atomic E-state index is 10.5. The summed E-state index contributed by atoms with van der Waals surface area (Å²) in [7, 11) is 1.33. The van der Waals surface area contributed by atoms with Crippen molar-refractivity contribution in [1.82, 2.24) is 5.32 Å². The molecule has 0 aromatic carbocycles. The first-order chi connectivity index (χ1) is 5.45. The summed E-state index contributed by atoms with van der Waals surface area (Å²) in [5.74, 6) is 0. The molecule has 5 heteroatoms. The molecule has 4 nitrogen and oxygen atoms in total. The normalized spacial score (nSPS) is 11.0. The first kappa shape index (κ1) is 12.0. The van der Waals surface area contributed by atoms with Gasteiger partial charge in [0.25, 0.3) is 0 Å². The highest BCUT2D eigenvalue weighted by Gasteiger charge is 2.11. The molecular formula is C7H14INO3. The van der Waals surface area contributed by atoms with Crippen LogP contribution in [0.15, 0.2) is 0 Å². The fourth-order valence-electron chi connectivity index (χ4n) is 0.519. The number of methoxy groups -OCH3 is 1. The number of alkyl carbamates (subject to hydrolysis) is 1. The SMILES string of the molecule is COC(=O)NCCOC(C)(C)I. The van der Waals surface area contributed by atoms with Crippen molar-refractivity contribution in [2.24, 2.45) is 0 Å². The number of rotatable bonds is 4. The fourth-order valence-corrected chi connectivity index (χ4v) is 0.739. The number of carbonyl (C=O) groups is 1. The number of ether oxygens (including phenoxy) is 2. The zero-order valence-corrected chi connectivity index (χ0v) is 9.67. The van der Waals surface area contributed by atoms with Crippen LogP contribution in [-0.4, -0.2) is 30.0 Å². The lowest BCUT2D eigenvalue weighted by molar-refractivity contribution is 0.0668. The zero-order chi connectivity index (χ0) is 9.61. The molecule has 0 aliphatic rings. The highest BCUT2D eigenvalue weighted by molar-refractivity contribution is 14.1. The van der Waals surface area contributed by atoms with E-state index < -0.39 is 6.09 Å². The first-order valence-electron chi connectivity index (χ1n) is 3.60. The lowest BCUT2D eigenvalue weighted by Gasteiger charge is -2.17. The molecule has 0 aromatic heterocycles. The van der Waals surface area contributed by atoms with E-state index in [2.05, 4.69) is 32.6 Å². The summed E-state index contributed by atoms with van der Waals surface area (Å²) < 4.78 is 9.53. The van der Waals surface area contributed by atoms with Gasteiger partial charge in [0.05, 0.1) is 13.7 Å². The van der Waals surface area contributed by atoms with Gasteiger partial charge in [-0.2, -0.15) is 0 Å². The van der Waals surface area contributed by atoms with Gasteiger partial charge in [-0.15, -0.1) is 0 Å². The summed E-state index contributed by atoms with van der Waals surface area (Å²) in [5.41, 5.74) is 0. The molecule has 0 fully saturated rings. The molecule has 0 atom stereocenters. The van der Waals surface area contributed by atoms with Crippen molar-refractivity contribution < 1.29 is 14.3 Å². The van der Waals surface area contributed by atoms with Crippen LogP contribution in [0.4, 0.5) is 4.79 Å². The van der Waals surface area contributed by atoms with Gasteiger partial charge in [-0.05, 0) is 36.4 Å². The van der Waals surface area contributed by atoms with E-state index in [-0.39, 0.29) is 3.61 Å². The number of hydrogen-bond acceptors (Lipinski definition) is 3. The summed E-state index contributed by atoms with van der Waals surface area (Å²) >= 11 is 2.18. The van der Waals surface area contributed by atoms with Gasteiger partial charge in [-0.25, -0.2) is 4.79 Å². The predicted octanol–water partition coefficient (Wildman–Crippen LogP) is 1.53. The molecule has 0 saturated heterocycles. The standard InChI is InChI=1S/C7H14INO3/c1-7(2,8)12-5-4-9-6(10)11-3/h4-5H2,1-3H3,(H,9,10). The van der Waals surface area contributed by atoms with Gasteiger partial charge in [0.1, 0.15) is 3.61 Å². The number of amides is 1. The highest BCUT2D eigenvalue weighted by atomic mass is 127. The summed E-state index contributed by atoms with van der Waals surface area (Å²) in [5, 5.41) is 2.52. The Labute approximate surface area is 86.1 Å². The van der Waals surface area contributed by atoms with Crippen molar-refractivity contribution in [2.45, 2.75) is 17.5 Å². The van der Waals surface area contributed by atoms with Crippen molar-refractivity contribution in [3.05, 3.63) is 0 Å². The summed E-state index contributed by atoms with van der Waals surface area (Å²) in [6, 6.07) is 0. The monoisotopic (exact) mass is 287 g/mol. The van der Waals surface area contributed by atoms with Crippen molar-refractivity contribution in [1.29, 1.82) is 0 Å². The van der Waals surface area contributed by atoms with Crippen LogP contribution in [0.2, 0.25) is 0 Å². The van der Waals surface area contributed by atoms with E-state index in [1.807, 2.05) is 13.8 Å². The van der Waals surface area contributed by atoms with E-state index in [1.54, 1.807) is 0 Å². The number of hydrogen-bond donors (Lipinski definition) is 1. The summed E-state index contributed by atoms with van der Waals surface area (Å²) in [6.07, 6.45) is -0.426. The molecule has 0 rings (SSSR count). The predicted molar refractivity (Wildman–Crippen MR) is 54.5 cm³/mol. The number of carbonyl (C=O) groups excluding carboxylic acids is 1. The second-order valence-electron chi connectivity index (χ2n) is 2.63. The van der Waals surface area contributed by atoms with Gasteiger partial charge in [-0.1, -0.05) is 0 Å². The van der Waals surface area contributed by atoms with Crippen molar-refractivity contribution in [2.75, 3.05) is 20.3 Å². The number of nitrogens with one attached hydrogen (secondary N) is 1.